The van der Waals surface area contributed by atoms with Gasteiger partial charge in [-0.25, -0.2) is 0 Å². The van der Waals surface area contributed by atoms with Crippen LogP contribution in [-0.4, -0.2) is 42.1 Å². The molecule has 1 saturated heterocycles. The number of amidine groups is 1. The van der Waals surface area contributed by atoms with Gasteiger partial charge in [-0.2, -0.15) is 0 Å². The maximum absolute atomic E-state index is 9.22. The average Bonchev–Trinajstić information content (AvgIpc) is 2.49. The van der Waals surface area contributed by atoms with E-state index in [-0.39, 0.29) is 12.4 Å². The van der Waals surface area contributed by atoms with Crippen LogP contribution in [0.25, 0.3) is 0 Å². The van der Waals surface area contributed by atoms with Gasteiger partial charge in [-0.1, -0.05) is 6.42 Å². The Bertz CT molecular complexity index is 488. The van der Waals surface area contributed by atoms with Crippen molar-refractivity contribution in [2.75, 3.05) is 20.3 Å². The van der Waals surface area contributed by atoms with Gasteiger partial charge >= 0.3 is 0 Å². The Morgan fingerprint density at radius 1 is 1.48 bits per heavy atom. The second-order valence-corrected chi connectivity index (χ2v) is 5.57. The first-order valence-electron chi connectivity index (χ1n) is 7.52. The first kappa shape index (κ1) is 15.8. The first-order valence-corrected chi connectivity index (χ1v) is 7.52. The van der Waals surface area contributed by atoms with E-state index in [4.69, 9.17) is 15.9 Å². The second kappa shape index (κ2) is 7.43. The topological polar surface area (TPSA) is 82.6 Å². The van der Waals surface area contributed by atoms with Crippen LogP contribution in [0.3, 0.4) is 0 Å². The number of nitrogens with one attached hydrogen (secondary N) is 1. The molecule has 0 aromatic heterocycles. The van der Waals surface area contributed by atoms with Gasteiger partial charge in [-0.3, -0.25) is 10.3 Å². The van der Waals surface area contributed by atoms with Gasteiger partial charge in [0.15, 0.2) is 0 Å². The zero-order chi connectivity index (χ0) is 15.2. The Labute approximate surface area is 126 Å². The summed E-state index contributed by atoms with van der Waals surface area (Å²) in [5.74, 6) is 0.901. The quantitative estimate of drug-likeness (QED) is 0.550. The summed E-state index contributed by atoms with van der Waals surface area (Å²) in [7, 11) is 1.66. The number of aliphatic hydroxyl groups excluding tert-OH is 1. The molecule has 1 aliphatic rings. The van der Waals surface area contributed by atoms with Crippen LogP contribution < -0.4 is 10.5 Å². The van der Waals surface area contributed by atoms with Gasteiger partial charge in [0.1, 0.15) is 11.6 Å². The number of nitrogens with zero attached hydrogens (tertiary/aromatic N) is 1. The molecule has 1 aromatic carbocycles. The van der Waals surface area contributed by atoms with Crippen molar-refractivity contribution in [3.05, 3.63) is 29.3 Å². The highest BCUT2D eigenvalue weighted by Gasteiger charge is 2.23. The summed E-state index contributed by atoms with van der Waals surface area (Å²) in [6.45, 7) is 2.04. The summed E-state index contributed by atoms with van der Waals surface area (Å²) in [4.78, 5) is 2.40. The van der Waals surface area contributed by atoms with Crippen molar-refractivity contribution >= 4 is 5.84 Å². The molecule has 0 saturated carbocycles. The summed E-state index contributed by atoms with van der Waals surface area (Å²) in [6.07, 6.45) is 4.37. The third-order valence-corrected chi connectivity index (χ3v) is 4.18. The third-order valence-electron chi connectivity index (χ3n) is 4.18. The molecule has 1 aromatic rings. The van der Waals surface area contributed by atoms with Crippen molar-refractivity contribution in [2.24, 2.45) is 5.73 Å². The maximum atomic E-state index is 9.22. The minimum absolute atomic E-state index is 0.0736. The number of benzene rings is 1. The number of hydrogen-bond donors (Lipinski definition) is 3. The standard InChI is InChI=1S/C16H25N3O2/c1-21-15-6-5-12(16(17)18)10-13(15)11-19-8-3-2-4-14(19)7-9-20/h5-6,10,14,20H,2-4,7-9,11H2,1H3,(H3,17,18). The van der Waals surface area contributed by atoms with Crippen LogP contribution in [0.5, 0.6) is 5.75 Å². The number of piperidine rings is 1. The normalized spacial score (nSPS) is 19.4. The van der Waals surface area contributed by atoms with E-state index in [0.717, 1.165) is 42.8 Å². The predicted octanol–water partition coefficient (Wildman–Crippen LogP) is 1.72. The van der Waals surface area contributed by atoms with Crippen molar-refractivity contribution < 1.29 is 9.84 Å². The van der Waals surface area contributed by atoms with Gasteiger partial charge in [0.2, 0.25) is 0 Å². The van der Waals surface area contributed by atoms with E-state index in [1.807, 2.05) is 18.2 Å². The predicted molar refractivity (Wildman–Crippen MR) is 83.8 cm³/mol. The molecule has 0 radical (unpaired) electrons. The molecule has 116 valence electrons. The summed E-state index contributed by atoms with van der Waals surface area (Å²) >= 11 is 0. The Kier molecular flexibility index (Phi) is 5.59. The lowest BCUT2D eigenvalue weighted by Gasteiger charge is -2.35. The van der Waals surface area contributed by atoms with E-state index in [1.165, 1.54) is 12.8 Å². The molecule has 0 amide bonds. The summed E-state index contributed by atoms with van der Waals surface area (Å²) < 4.78 is 5.43. The van der Waals surface area contributed by atoms with Gasteiger partial charge in [0.25, 0.3) is 0 Å². The summed E-state index contributed by atoms with van der Waals surface area (Å²) in [5, 5.41) is 16.8. The molecular formula is C16H25N3O2. The molecule has 4 N–H and O–H groups in total. The van der Waals surface area contributed by atoms with Crippen LogP contribution in [0, 0.1) is 5.41 Å². The van der Waals surface area contributed by atoms with Gasteiger partial charge in [-0.15, -0.1) is 0 Å². The van der Waals surface area contributed by atoms with Crippen molar-refractivity contribution in [3.63, 3.8) is 0 Å². The lowest BCUT2D eigenvalue weighted by atomic mass is 9.98. The Hall–Kier alpha value is -1.59. The molecule has 0 aliphatic carbocycles. The first-order chi connectivity index (χ1) is 10.2. The Morgan fingerprint density at radius 3 is 2.95 bits per heavy atom. The highest BCUT2D eigenvalue weighted by molar-refractivity contribution is 5.95. The molecule has 0 spiro atoms. The second-order valence-electron chi connectivity index (χ2n) is 5.57. The number of aliphatic hydroxyl groups is 1. The van der Waals surface area contributed by atoms with Crippen LogP contribution in [0.15, 0.2) is 18.2 Å². The number of nitrogens with two attached hydrogens (primary N) is 1. The van der Waals surface area contributed by atoms with E-state index < -0.39 is 0 Å². The molecule has 21 heavy (non-hydrogen) atoms. The van der Waals surface area contributed by atoms with Crippen LogP contribution >= 0.6 is 0 Å². The smallest absolute Gasteiger partial charge is 0.123 e. The van der Waals surface area contributed by atoms with Crippen molar-refractivity contribution in [2.45, 2.75) is 38.3 Å². The fourth-order valence-corrected chi connectivity index (χ4v) is 3.03. The lowest BCUT2D eigenvalue weighted by Crippen LogP contribution is -2.39. The van der Waals surface area contributed by atoms with Crippen LogP contribution in [0.1, 0.15) is 36.8 Å². The van der Waals surface area contributed by atoms with Crippen LogP contribution in [0.2, 0.25) is 0 Å². The fraction of sp³-hybridized carbons (Fsp3) is 0.562. The third kappa shape index (κ3) is 3.95. The zero-order valence-corrected chi connectivity index (χ0v) is 12.6. The number of likely N-dealkylation sites (tertiary alicyclic amines) is 1. The lowest BCUT2D eigenvalue weighted by molar-refractivity contribution is 0.111. The van der Waals surface area contributed by atoms with Crippen molar-refractivity contribution in [3.8, 4) is 5.75 Å². The summed E-state index contributed by atoms with van der Waals surface area (Å²) in [6, 6.07) is 6.05. The molecule has 1 unspecified atom stereocenters. The Morgan fingerprint density at radius 2 is 2.29 bits per heavy atom. The van der Waals surface area contributed by atoms with Crippen LogP contribution in [-0.2, 0) is 6.54 Å². The van der Waals surface area contributed by atoms with Gasteiger partial charge in [0, 0.05) is 30.3 Å². The number of nitrogen functional groups attached to an aromatic ring is 1. The molecule has 0 bridgehead atoms. The van der Waals surface area contributed by atoms with Crippen molar-refractivity contribution in [1.82, 2.24) is 4.90 Å². The molecule has 1 fully saturated rings. The fourth-order valence-electron chi connectivity index (χ4n) is 3.03. The van der Waals surface area contributed by atoms with E-state index in [0.29, 0.717) is 6.04 Å². The summed E-state index contributed by atoms with van der Waals surface area (Å²) in [5.41, 5.74) is 7.35. The Balaban J connectivity index is 2.19. The monoisotopic (exact) mass is 291 g/mol. The van der Waals surface area contributed by atoms with E-state index in [2.05, 4.69) is 4.90 Å². The molecular weight excluding hydrogens is 266 g/mol. The zero-order valence-electron chi connectivity index (χ0n) is 12.6. The average molecular weight is 291 g/mol. The molecule has 5 nitrogen and oxygen atoms in total. The maximum Gasteiger partial charge on any atom is 0.123 e. The molecule has 1 aliphatic heterocycles. The number of rotatable bonds is 6. The number of ether oxygens (including phenoxy) is 1. The highest BCUT2D eigenvalue weighted by atomic mass is 16.5. The minimum atomic E-state index is 0.0736. The largest absolute Gasteiger partial charge is 0.496 e. The highest BCUT2D eigenvalue weighted by Crippen LogP contribution is 2.26. The van der Waals surface area contributed by atoms with E-state index in [9.17, 15) is 5.11 Å². The minimum Gasteiger partial charge on any atom is -0.496 e. The number of methoxy groups -OCH3 is 1. The van der Waals surface area contributed by atoms with Gasteiger partial charge in [0.05, 0.1) is 7.11 Å². The van der Waals surface area contributed by atoms with Crippen LogP contribution in [0.4, 0.5) is 0 Å². The van der Waals surface area contributed by atoms with E-state index >= 15 is 0 Å². The number of hydrogen-bond acceptors (Lipinski definition) is 4. The SMILES string of the molecule is COc1ccc(C(=N)N)cc1CN1CCCCC1CCO. The molecule has 5 heteroatoms. The van der Waals surface area contributed by atoms with E-state index in [1.54, 1.807) is 7.11 Å². The molecule has 1 atom stereocenters. The van der Waals surface area contributed by atoms with Gasteiger partial charge < -0.3 is 15.6 Å². The van der Waals surface area contributed by atoms with Gasteiger partial charge in [-0.05, 0) is 44.0 Å². The molecule has 2 rings (SSSR count). The van der Waals surface area contributed by atoms with Crippen molar-refractivity contribution in [1.29, 1.82) is 5.41 Å². The molecule has 1 heterocycles.